The number of nitrogens with one attached hydrogen (secondary N) is 1. The lowest BCUT2D eigenvalue weighted by Crippen LogP contribution is -2.39. The maximum absolute atomic E-state index is 12.3. The molecule has 9 heteroatoms. The number of anilines is 1. The third-order valence-electron chi connectivity index (χ3n) is 3.79. The molecule has 0 spiro atoms. The largest absolute Gasteiger partial charge is 0.497 e. The molecule has 8 nitrogen and oxygen atoms in total. The molecule has 0 aliphatic carbocycles. The van der Waals surface area contributed by atoms with Gasteiger partial charge in [-0.25, -0.2) is 13.8 Å². The van der Waals surface area contributed by atoms with Crippen molar-refractivity contribution in [2.45, 2.75) is 6.92 Å². The molecular weight excluding hydrogens is 382 g/mol. The maximum atomic E-state index is 12.3. The highest BCUT2D eigenvalue weighted by Crippen LogP contribution is 2.30. The second-order valence-electron chi connectivity index (χ2n) is 6.01. The van der Waals surface area contributed by atoms with Gasteiger partial charge >= 0.3 is 0 Å². The number of hydrogen-bond acceptors (Lipinski definition) is 6. The molecule has 2 aromatic rings. The quantitative estimate of drug-likeness (QED) is 0.535. The van der Waals surface area contributed by atoms with Crippen molar-refractivity contribution in [2.75, 3.05) is 31.3 Å². The average molecular weight is 405 g/mol. The molecule has 0 unspecified atom stereocenters. The normalized spacial score (nSPS) is 11.3. The molecule has 0 radical (unpaired) electrons. The van der Waals surface area contributed by atoms with Crippen molar-refractivity contribution in [1.82, 2.24) is 5.43 Å². The van der Waals surface area contributed by atoms with E-state index in [2.05, 4.69) is 10.5 Å². The Morgan fingerprint density at radius 1 is 1.18 bits per heavy atom. The van der Waals surface area contributed by atoms with E-state index in [-0.39, 0.29) is 5.69 Å². The first kappa shape index (κ1) is 21.2. The summed E-state index contributed by atoms with van der Waals surface area (Å²) in [5.41, 5.74) is 4.18. The van der Waals surface area contributed by atoms with E-state index in [9.17, 15) is 13.2 Å². The predicted molar refractivity (Wildman–Crippen MR) is 109 cm³/mol. The van der Waals surface area contributed by atoms with Gasteiger partial charge in [-0.1, -0.05) is 18.2 Å². The summed E-state index contributed by atoms with van der Waals surface area (Å²) in [5.74, 6) is 0.418. The van der Waals surface area contributed by atoms with Crippen LogP contribution in [0.25, 0.3) is 0 Å². The van der Waals surface area contributed by atoms with E-state index < -0.39 is 22.5 Å². The fraction of sp³-hybridized carbons (Fsp3) is 0.263. The highest BCUT2D eigenvalue weighted by Gasteiger charge is 2.24. The number of sulfonamides is 1. The van der Waals surface area contributed by atoms with Gasteiger partial charge in [-0.3, -0.25) is 9.10 Å². The average Bonchev–Trinajstić information content (AvgIpc) is 2.65. The van der Waals surface area contributed by atoms with Gasteiger partial charge in [-0.15, -0.1) is 0 Å². The number of hydrogen-bond donors (Lipinski definition) is 1. The van der Waals surface area contributed by atoms with Gasteiger partial charge in [0.1, 0.15) is 18.0 Å². The predicted octanol–water partition coefficient (Wildman–Crippen LogP) is 1.93. The smallest absolute Gasteiger partial charge is 0.260 e. The number of carbonyl (C=O) groups is 1. The Morgan fingerprint density at radius 3 is 2.57 bits per heavy atom. The first-order valence-corrected chi connectivity index (χ1v) is 10.2. The second-order valence-corrected chi connectivity index (χ2v) is 7.92. The Kier molecular flexibility index (Phi) is 7.00. The summed E-state index contributed by atoms with van der Waals surface area (Å²) in [6, 6.07) is 12.2. The lowest BCUT2D eigenvalue weighted by atomic mass is 10.2. The lowest BCUT2D eigenvalue weighted by molar-refractivity contribution is -0.119. The number of methoxy groups -OCH3 is 2. The van der Waals surface area contributed by atoms with E-state index in [4.69, 9.17) is 9.47 Å². The molecule has 0 aliphatic heterocycles. The maximum Gasteiger partial charge on any atom is 0.260 e. The number of aryl methyl sites for hydroxylation is 1. The number of nitrogens with zero attached hydrogens (tertiary/aromatic N) is 2. The fourth-order valence-corrected chi connectivity index (χ4v) is 3.29. The van der Waals surface area contributed by atoms with Crippen molar-refractivity contribution >= 4 is 27.8 Å². The van der Waals surface area contributed by atoms with E-state index in [1.54, 1.807) is 49.6 Å². The van der Waals surface area contributed by atoms with Crippen LogP contribution in [0.4, 0.5) is 5.69 Å². The summed E-state index contributed by atoms with van der Waals surface area (Å²) in [6.45, 7) is 1.38. The van der Waals surface area contributed by atoms with Crippen LogP contribution in [0.1, 0.15) is 11.1 Å². The van der Waals surface area contributed by atoms with Gasteiger partial charge in [0.25, 0.3) is 5.91 Å². The Hall–Kier alpha value is -3.07. The van der Waals surface area contributed by atoms with Gasteiger partial charge in [0.2, 0.25) is 10.0 Å². The number of rotatable bonds is 8. The monoisotopic (exact) mass is 405 g/mol. The SMILES string of the molecule is COc1cccc(/C=N\NC(=O)CN(c2cc(C)ccc2OC)S(C)(=O)=O)c1. The highest BCUT2D eigenvalue weighted by molar-refractivity contribution is 7.92. The van der Waals surface area contributed by atoms with Crippen molar-refractivity contribution in [3.63, 3.8) is 0 Å². The number of carbonyl (C=O) groups excluding carboxylic acids is 1. The third kappa shape index (κ3) is 5.71. The molecule has 0 saturated carbocycles. The van der Waals surface area contributed by atoms with Crippen molar-refractivity contribution in [3.05, 3.63) is 53.6 Å². The summed E-state index contributed by atoms with van der Waals surface area (Å²) >= 11 is 0. The molecule has 0 aliphatic rings. The molecule has 0 atom stereocenters. The molecular formula is C19H23N3O5S. The number of ether oxygens (including phenoxy) is 2. The Balaban J connectivity index is 2.16. The fourth-order valence-electron chi connectivity index (χ4n) is 2.44. The van der Waals surface area contributed by atoms with Gasteiger partial charge in [-0.05, 0) is 42.3 Å². The number of amides is 1. The molecule has 0 heterocycles. The van der Waals surface area contributed by atoms with Gasteiger partial charge in [0, 0.05) is 0 Å². The van der Waals surface area contributed by atoms with Crippen LogP contribution in [-0.4, -0.2) is 47.6 Å². The summed E-state index contributed by atoms with van der Waals surface area (Å²) in [6.07, 6.45) is 2.47. The molecule has 0 aromatic heterocycles. The van der Waals surface area contributed by atoms with Gasteiger partial charge in [0.15, 0.2) is 0 Å². The Morgan fingerprint density at radius 2 is 1.93 bits per heavy atom. The van der Waals surface area contributed by atoms with Crippen LogP contribution in [0.15, 0.2) is 47.6 Å². The molecule has 0 bridgehead atoms. The van der Waals surface area contributed by atoms with E-state index in [0.717, 1.165) is 21.7 Å². The van der Waals surface area contributed by atoms with Crippen molar-refractivity contribution in [3.8, 4) is 11.5 Å². The van der Waals surface area contributed by atoms with Crippen LogP contribution in [0, 0.1) is 6.92 Å². The zero-order chi connectivity index (χ0) is 20.7. The van der Waals surface area contributed by atoms with Crippen molar-refractivity contribution in [1.29, 1.82) is 0 Å². The molecule has 0 saturated heterocycles. The summed E-state index contributed by atoms with van der Waals surface area (Å²) in [4.78, 5) is 12.3. The van der Waals surface area contributed by atoms with Crippen LogP contribution in [0.2, 0.25) is 0 Å². The van der Waals surface area contributed by atoms with Crippen LogP contribution < -0.4 is 19.2 Å². The van der Waals surface area contributed by atoms with E-state index in [0.29, 0.717) is 11.5 Å². The minimum atomic E-state index is -3.72. The van der Waals surface area contributed by atoms with Crippen LogP contribution >= 0.6 is 0 Å². The minimum absolute atomic E-state index is 0.289. The topological polar surface area (TPSA) is 97.3 Å². The van der Waals surface area contributed by atoms with E-state index >= 15 is 0 Å². The number of benzene rings is 2. The Bertz CT molecular complexity index is 973. The van der Waals surface area contributed by atoms with Crippen LogP contribution in [-0.2, 0) is 14.8 Å². The Labute approximate surface area is 164 Å². The summed E-state index contributed by atoms with van der Waals surface area (Å²) in [5, 5.41) is 3.87. The first-order chi connectivity index (χ1) is 13.2. The zero-order valence-electron chi connectivity index (χ0n) is 16.2. The zero-order valence-corrected chi connectivity index (χ0v) is 17.0. The lowest BCUT2D eigenvalue weighted by Gasteiger charge is -2.23. The summed E-state index contributed by atoms with van der Waals surface area (Å²) in [7, 11) is -0.734. The minimum Gasteiger partial charge on any atom is -0.497 e. The van der Waals surface area contributed by atoms with Gasteiger partial charge in [0.05, 0.1) is 32.4 Å². The molecule has 28 heavy (non-hydrogen) atoms. The van der Waals surface area contributed by atoms with E-state index in [1.165, 1.54) is 13.3 Å². The molecule has 1 N–H and O–H groups in total. The van der Waals surface area contributed by atoms with Gasteiger partial charge in [-0.2, -0.15) is 5.10 Å². The van der Waals surface area contributed by atoms with Crippen molar-refractivity contribution in [2.24, 2.45) is 5.10 Å². The second kappa shape index (κ2) is 9.23. The molecule has 0 fully saturated rings. The summed E-state index contributed by atoms with van der Waals surface area (Å²) < 4.78 is 35.8. The number of hydrazone groups is 1. The molecule has 150 valence electrons. The molecule has 1 amide bonds. The third-order valence-corrected chi connectivity index (χ3v) is 4.91. The molecule has 2 aromatic carbocycles. The van der Waals surface area contributed by atoms with Crippen LogP contribution in [0.3, 0.4) is 0 Å². The van der Waals surface area contributed by atoms with E-state index in [1.807, 2.05) is 6.92 Å². The van der Waals surface area contributed by atoms with Crippen molar-refractivity contribution < 1.29 is 22.7 Å². The highest BCUT2D eigenvalue weighted by atomic mass is 32.2. The van der Waals surface area contributed by atoms with Crippen LogP contribution in [0.5, 0.6) is 11.5 Å². The first-order valence-electron chi connectivity index (χ1n) is 8.33. The standard InChI is InChI=1S/C19H23N3O5S/c1-14-8-9-18(27-3)17(10-14)22(28(4,24)25)13-19(23)21-20-12-15-6-5-7-16(11-15)26-2/h5-12H,13H2,1-4H3,(H,21,23)/b20-12-. The van der Waals surface area contributed by atoms with Gasteiger partial charge < -0.3 is 9.47 Å². The molecule has 2 rings (SSSR count).